The third-order valence-electron chi connectivity index (χ3n) is 4.53. The predicted octanol–water partition coefficient (Wildman–Crippen LogP) is 1.59. The van der Waals surface area contributed by atoms with E-state index in [2.05, 4.69) is 15.7 Å². The van der Waals surface area contributed by atoms with Crippen LogP contribution in [0.1, 0.15) is 32.1 Å². The predicted molar refractivity (Wildman–Crippen MR) is 95.2 cm³/mol. The summed E-state index contributed by atoms with van der Waals surface area (Å²) in [6, 6.07) is 9.15. The van der Waals surface area contributed by atoms with Crippen LogP contribution >= 0.6 is 0 Å². The molecule has 1 aromatic heterocycles. The molecule has 4 N–H and O–H groups in total. The molecular formula is C18H23N5O2. The highest BCUT2D eigenvalue weighted by atomic mass is 16.2. The van der Waals surface area contributed by atoms with Crippen molar-refractivity contribution in [3.05, 3.63) is 42.7 Å². The van der Waals surface area contributed by atoms with Crippen molar-refractivity contribution >= 4 is 17.5 Å². The number of nitrogens with two attached hydrogens (primary N) is 1. The van der Waals surface area contributed by atoms with Gasteiger partial charge in [-0.2, -0.15) is 5.10 Å². The van der Waals surface area contributed by atoms with Crippen LogP contribution in [0, 0.1) is 0 Å². The fraction of sp³-hybridized carbons (Fsp3) is 0.389. The fourth-order valence-corrected chi connectivity index (χ4v) is 3.07. The van der Waals surface area contributed by atoms with Gasteiger partial charge in [-0.1, -0.05) is 19.3 Å². The Hall–Kier alpha value is -2.67. The van der Waals surface area contributed by atoms with Crippen molar-refractivity contribution in [3.8, 4) is 5.69 Å². The molecule has 2 amide bonds. The number of aromatic nitrogens is 2. The highest BCUT2D eigenvalue weighted by Crippen LogP contribution is 2.25. The van der Waals surface area contributed by atoms with Crippen molar-refractivity contribution < 1.29 is 9.59 Å². The maximum absolute atomic E-state index is 12.2. The van der Waals surface area contributed by atoms with E-state index in [1.165, 1.54) is 0 Å². The molecule has 1 aliphatic rings. The average molecular weight is 341 g/mol. The highest BCUT2D eigenvalue weighted by molar-refractivity contribution is 5.96. The first-order valence-corrected chi connectivity index (χ1v) is 8.54. The van der Waals surface area contributed by atoms with E-state index in [1.807, 2.05) is 24.4 Å². The zero-order valence-electron chi connectivity index (χ0n) is 14.1. The number of carbonyl (C=O) groups excluding carboxylic acids is 2. The Balaban J connectivity index is 1.50. The molecule has 25 heavy (non-hydrogen) atoms. The number of benzene rings is 1. The summed E-state index contributed by atoms with van der Waals surface area (Å²) in [5.74, 6) is -0.518. The monoisotopic (exact) mass is 341 g/mol. The lowest BCUT2D eigenvalue weighted by atomic mass is 9.82. The molecule has 0 bridgehead atoms. The zero-order valence-corrected chi connectivity index (χ0v) is 14.1. The quantitative estimate of drug-likeness (QED) is 0.768. The number of amides is 2. The van der Waals surface area contributed by atoms with Crippen LogP contribution in [0.3, 0.4) is 0 Å². The van der Waals surface area contributed by atoms with Gasteiger partial charge in [-0.15, -0.1) is 0 Å². The Kier molecular flexibility index (Phi) is 5.14. The lowest BCUT2D eigenvalue weighted by molar-refractivity contribution is -0.129. The Morgan fingerprint density at radius 3 is 2.52 bits per heavy atom. The van der Waals surface area contributed by atoms with Gasteiger partial charge in [-0.05, 0) is 43.2 Å². The maximum atomic E-state index is 12.2. The molecule has 7 heteroatoms. The molecule has 132 valence electrons. The molecule has 0 unspecified atom stereocenters. The second-order valence-electron chi connectivity index (χ2n) is 6.45. The van der Waals surface area contributed by atoms with E-state index in [9.17, 15) is 9.59 Å². The molecule has 7 nitrogen and oxygen atoms in total. The van der Waals surface area contributed by atoms with E-state index in [4.69, 9.17) is 5.73 Å². The second kappa shape index (κ2) is 7.48. The molecule has 1 fully saturated rings. The summed E-state index contributed by atoms with van der Waals surface area (Å²) in [6.07, 6.45) is 7.93. The van der Waals surface area contributed by atoms with E-state index < -0.39 is 5.54 Å². The number of rotatable bonds is 5. The molecule has 0 atom stereocenters. The summed E-state index contributed by atoms with van der Waals surface area (Å²) in [5, 5.41) is 9.56. The first-order chi connectivity index (χ1) is 12.1. The third kappa shape index (κ3) is 4.24. The maximum Gasteiger partial charge on any atom is 0.243 e. The minimum atomic E-state index is -0.829. The minimum absolute atomic E-state index is 0.0846. The van der Waals surface area contributed by atoms with Gasteiger partial charge in [0, 0.05) is 18.1 Å². The number of hydrogen-bond donors (Lipinski definition) is 3. The van der Waals surface area contributed by atoms with Crippen LogP contribution in [0.5, 0.6) is 0 Å². The summed E-state index contributed by atoms with van der Waals surface area (Å²) in [7, 11) is 0. The summed E-state index contributed by atoms with van der Waals surface area (Å²) >= 11 is 0. The van der Waals surface area contributed by atoms with Crippen molar-refractivity contribution in [2.75, 3.05) is 11.9 Å². The Labute approximate surface area is 146 Å². The van der Waals surface area contributed by atoms with Crippen molar-refractivity contribution in [2.45, 2.75) is 37.6 Å². The number of anilines is 1. The molecule has 0 saturated heterocycles. The van der Waals surface area contributed by atoms with E-state index in [0.29, 0.717) is 18.5 Å². The van der Waals surface area contributed by atoms with Gasteiger partial charge in [0.1, 0.15) is 0 Å². The second-order valence-corrected chi connectivity index (χ2v) is 6.45. The minimum Gasteiger partial charge on any atom is -0.345 e. The number of hydrogen-bond acceptors (Lipinski definition) is 4. The van der Waals surface area contributed by atoms with Crippen LogP contribution < -0.4 is 16.4 Å². The van der Waals surface area contributed by atoms with Gasteiger partial charge in [-0.25, -0.2) is 4.68 Å². The molecule has 1 aliphatic carbocycles. The summed E-state index contributed by atoms with van der Waals surface area (Å²) < 4.78 is 1.73. The van der Waals surface area contributed by atoms with E-state index >= 15 is 0 Å². The molecule has 0 spiro atoms. The first kappa shape index (κ1) is 17.2. The molecule has 1 aromatic carbocycles. The van der Waals surface area contributed by atoms with Crippen LogP contribution in [0.4, 0.5) is 5.69 Å². The molecular weight excluding hydrogens is 318 g/mol. The molecule has 3 rings (SSSR count). The van der Waals surface area contributed by atoms with Gasteiger partial charge in [0.05, 0.1) is 17.8 Å². The van der Waals surface area contributed by atoms with Crippen LogP contribution in [-0.2, 0) is 9.59 Å². The van der Waals surface area contributed by atoms with Crippen LogP contribution in [0.25, 0.3) is 5.69 Å². The summed E-state index contributed by atoms with van der Waals surface area (Å²) in [5.41, 5.74) is 6.89. The van der Waals surface area contributed by atoms with E-state index in [0.717, 1.165) is 24.9 Å². The average Bonchev–Trinajstić information content (AvgIpc) is 3.15. The van der Waals surface area contributed by atoms with Crippen LogP contribution in [0.15, 0.2) is 42.7 Å². The molecule has 0 radical (unpaired) electrons. The lowest BCUT2D eigenvalue weighted by Gasteiger charge is -2.31. The van der Waals surface area contributed by atoms with Gasteiger partial charge in [-0.3, -0.25) is 9.59 Å². The number of carbonyl (C=O) groups is 2. The first-order valence-electron chi connectivity index (χ1n) is 8.54. The van der Waals surface area contributed by atoms with Crippen molar-refractivity contribution in [1.82, 2.24) is 15.1 Å². The third-order valence-corrected chi connectivity index (χ3v) is 4.53. The zero-order chi connectivity index (χ0) is 17.7. The molecule has 1 heterocycles. The number of nitrogens with zero attached hydrogens (tertiary/aromatic N) is 2. The summed E-state index contributed by atoms with van der Waals surface area (Å²) in [4.78, 5) is 24.3. The van der Waals surface area contributed by atoms with Crippen molar-refractivity contribution in [2.24, 2.45) is 5.73 Å². The fourth-order valence-electron chi connectivity index (χ4n) is 3.07. The van der Waals surface area contributed by atoms with Crippen LogP contribution in [-0.4, -0.2) is 33.7 Å². The molecule has 1 saturated carbocycles. The Morgan fingerprint density at radius 2 is 1.88 bits per heavy atom. The van der Waals surface area contributed by atoms with Crippen LogP contribution in [0.2, 0.25) is 0 Å². The lowest BCUT2D eigenvalue weighted by Crippen LogP contribution is -2.56. The van der Waals surface area contributed by atoms with Crippen molar-refractivity contribution in [1.29, 1.82) is 0 Å². The smallest absolute Gasteiger partial charge is 0.243 e. The van der Waals surface area contributed by atoms with E-state index in [-0.39, 0.29) is 18.4 Å². The summed E-state index contributed by atoms with van der Waals surface area (Å²) in [6.45, 7) is -0.0846. The Morgan fingerprint density at radius 1 is 1.16 bits per heavy atom. The normalized spacial score (nSPS) is 16.2. The van der Waals surface area contributed by atoms with E-state index in [1.54, 1.807) is 23.0 Å². The topological polar surface area (TPSA) is 102 Å². The van der Waals surface area contributed by atoms with Gasteiger partial charge < -0.3 is 16.4 Å². The SMILES string of the molecule is NC1(C(=O)NCC(=O)Nc2ccc(-n3cccn3)cc2)CCCCC1. The number of nitrogens with one attached hydrogen (secondary N) is 2. The van der Waals surface area contributed by atoms with Gasteiger partial charge in [0.15, 0.2) is 0 Å². The largest absolute Gasteiger partial charge is 0.345 e. The van der Waals surface area contributed by atoms with Gasteiger partial charge in [0.2, 0.25) is 11.8 Å². The van der Waals surface area contributed by atoms with Gasteiger partial charge in [0.25, 0.3) is 0 Å². The standard InChI is InChI=1S/C18H23N5O2/c19-18(9-2-1-3-10-18)17(25)20-13-16(24)22-14-5-7-15(8-6-14)23-12-4-11-21-23/h4-8,11-12H,1-3,9-10,13,19H2,(H,20,25)(H,22,24). The molecule has 2 aromatic rings. The van der Waals surface area contributed by atoms with Crippen molar-refractivity contribution in [3.63, 3.8) is 0 Å². The molecule has 0 aliphatic heterocycles. The Bertz CT molecular complexity index is 718. The highest BCUT2D eigenvalue weighted by Gasteiger charge is 2.35. The van der Waals surface area contributed by atoms with Gasteiger partial charge >= 0.3 is 0 Å².